The summed E-state index contributed by atoms with van der Waals surface area (Å²) in [5.74, 6) is 5.96. The normalized spacial score (nSPS) is 20.1. The van der Waals surface area contributed by atoms with E-state index in [0.29, 0.717) is 23.4 Å². The number of aliphatic hydroxyl groups excluding tert-OH is 1. The molecule has 0 bridgehead atoms. The van der Waals surface area contributed by atoms with Gasteiger partial charge in [-0.25, -0.2) is 15.8 Å². The molecule has 0 saturated heterocycles. The number of hydrogen-bond acceptors (Lipinski definition) is 7. The second-order valence-corrected chi connectivity index (χ2v) is 7.48. The Kier molecular flexibility index (Phi) is 6.47. The standard InChI is InChI=1S/C20H25F3N6O/c1-12-7-13(17(24)11-29(25)15-3-2-4-16(30)10-15)9-14(8-12)27-19-26-6-5-18(28-19)20(21,22)23/h5-9,11,15-16,30H,2-4,10,24-25H2,1H3,(H,26,27,28)/b17-11-. The molecule has 2 aromatic rings. The first-order valence-electron chi connectivity index (χ1n) is 9.59. The molecule has 3 rings (SSSR count). The molecule has 1 aliphatic carbocycles. The molecule has 1 heterocycles. The van der Waals surface area contributed by atoms with Crippen LogP contribution < -0.4 is 16.9 Å². The Morgan fingerprint density at radius 3 is 2.77 bits per heavy atom. The minimum Gasteiger partial charge on any atom is -0.397 e. The van der Waals surface area contributed by atoms with Crippen LogP contribution in [0.1, 0.15) is 42.5 Å². The van der Waals surface area contributed by atoms with Crippen LogP contribution in [0, 0.1) is 6.92 Å². The van der Waals surface area contributed by atoms with E-state index in [9.17, 15) is 18.3 Å². The van der Waals surface area contributed by atoms with E-state index in [4.69, 9.17) is 11.6 Å². The Hall–Kier alpha value is -2.85. The van der Waals surface area contributed by atoms with E-state index in [1.807, 2.05) is 13.0 Å². The minimum absolute atomic E-state index is 0.00628. The maximum atomic E-state index is 12.9. The fourth-order valence-corrected chi connectivity index (χ4v) is 3.48. The van der Waals surface area contributed by atoms with Gasteiger partial charge in [-0.2, -0.15) is 13.2 Å². The first-order valence-corrected chi connectivity index (χ1v) is 9.59. The van der Waals surface area contributed by atoms with Crippen LogP contribution in [-0.2, 0) is 6.18 Å². The van der Waals surface area contributed by atoms with Crippen molar-refractivity contribution < 1.29 is 18.3 Å². The van der Waals surface area contributed by atoms with Crippen molar-refractivity contribution in [3.8, 4) is 0 Å². The molecule has 7 nitrogen and oxygen atoms in total. The Bertz CT molecular complexity index is 918. The zero-order valence-corrected chi connectivity index (χ0v) is 16.5. The van der Waals surface area contributed by atoms with Crippen molar-refractivity contribution in [3.63, 3.8) is 0 Å². The predicted molar refractivity (Wildman–Crippen MR) is 108 cm³/mol. The molecule has 2 unspecified atom stereocenters. The highest BCUT2D eigenvalue weighted by molar-refractivity contribution is 5.69. The lowest BCUT2D eigenvalue weighted by Crippen LogP contribution is -2.41. The van der Waals surface area contributed by atoms with E-state index in [1.165, 1.54) is 5.01 Å². The van der Waals surface area contributed by atoms with Crippen LogP contribution in [0.15, 0.2) is 36.7 Å². The van der Waals surface area contributed by atoms with Gasteiger partial charge in [0, 0.05) is 29.7 Å². The number of alkyl halides is 3. The number of benzene rings is 1. The first kappa shape index (κ1) is 21.8. The van der Waals surface area contributed by atoms with Gasteiger partial charge in [0.1, 0.15) is 5.69 Å². The second-order valence-electron chi connectivity index (χ2n) is 7.48. The number of hydrogen-bond donors (Lipinski definition) is 4. The van der Waals surface area contributed by atoms with Gasteiger partial charge in [-0.05, 0) is 62.4 Å². The number of nitrogens with zero attached hydrogens (tertiary/aromatic N) is 3. The molecule has 0 amide bonds. The van der Waals surface area contributed by atoms with Gasteiger partial charge in [-0.1, -0.05) is 0 Å². The number of nitrogens with two attached hydrogens (primary N) is 2. The molecule has 10 heteroatoms. The van der Waals surface area contributed by atoms with E-state index in [2.05, 4.69) is 15.3 Å². The molecule has 1 saturated carbocycles. The zero-order chi connectivity index (χ0) is 21.9. The monoisotopic (exact) mass is 422 g/mol. The van der Waals surface area contributed by atoms with Crippen LogP contribution >= 0.6 is 0 Å². The molecule has 1 aromatic heterocycles. The summed E-state index contributed by atoms with van der Waals surface area (Å²) in [5.41, 5.74) is 7.58. The van der Waals surface area contributed by atoms with Gasteiger partial charge in [0.15, 0.2) is 0 Å². The van der Waals surface area contributed by atoms with Crippen molar-refractivity contribution >= 4 is 17.3 Å². The first-order chi connectivity index (χ1) is 14.1. The number of aromatic nitrogens is 2. The maximum absolute atomic E-state index is 12.9. The second kappa shape index (κ2) is 8.88. The van der Waals surface area contributed by atoms with E-state index in [0.717, 1.165) is 37.1 Å². The van der Waals surface area contributed by atoms with Crippen LogP contribution in [0.25, 0.3) is 5.70 Å². The fraction of sp³-hybridized carbons (Fsp3) is 0.400. The summed E-state index contributed by atoms with van der Waals surface area (Å²) in [7, 11) is 0. The molecule has 30 heavy (non-hydrogen) atoms. The third kappa shape index (κ3) is 5.61. The van der Waals surface area contributed by atoms with Crippen LogP contribution in [0.5, 0.6) is 0 Å². The van der Waals surface area contributed by atoms with E-state index in [-0.39, 0.29) is 18.1 Å². The average Bonchev–Trinajstić information content (AvgIpc) is 2.67. The Balaban J connectivity index is 1.79. The SMILES string of the molecule is Cc1cc(Nc2nccc(C(F)(F)F)n2)cc(/C(N)=C/N(N)C2CCCC(O)C2)c1. The number of rotatable bonds is 5. The van der Waals surface area contributed by atoms with Gasteiger partial charge in [0.2, 0.25) is 5.95 Å². The van der Waals surface area contributed by atoms with Crippen molar-refractivity contribution in [1.29, 1.82) is 0 Å². The van der Waals surface area contributed by atoms with Crippen molar-refractivity contribution in [3.05, 3.63) is 53.5 Å². The topological polar surface area (TPSA) is 113 Å². The summed E-state index contributed by atoms with van der Waals surface area (Å²) in [4.78, 5) is 7.36. The van der Waals surface area contributed by atoms with E-state index in [1.54, 1.807) is 18.3 Å². The van der Waals surface area contributed by atoms with Crippen molar-refractivity contribution in [2.24, 2.45) is 11.6 Å². The molecular weight excluding hydrogens is 397 g/mol. The van der Waals surface area contributed by atoms with Crippen molar-refractivity contribution in [2.75, 3.05) is 5.32 Å². The molecular formula is C20H25F3N6O. The smallest absolute Gasteiger partial charge is 0.397 e. The quantitative estimate of drug-likeness (QED) is 0.432. The average molecular weight is 422 g/mol. The number of hydrazine groups is 1. The largest absolute Gasteiger partial charge is 0.433 e. The van der Waals surface area contributed by atoms with Gasteiger partial charge in [-0.3, -0.25) is 0 Å². The lowest BCUT2D eigenvalue weighted by Gasteiger charge is -2.32. The van der Waals surface area contributed by atoms with Crippen LogP contribution in [0.2, 0.25) is 0 Å². The molecule has 2 atom stereocenters. The number of aryl methyl sites for hydroxylation is 1. The van der Waals surface area contributed by atoms with Crippen LogP contribution in [0.3, 0.4) is 0 Å². The highest BCUT2D eigenvalue weighted by Gasteiger charge is 2.32. The van der Waals surface area contributed by atoms with Gasteiger partial charge in [0.25, 0.3) is 0 Å². The van der Waals surface area contributed by atoms with Gasteiger partial charge >= 0.3 is 6.18 Å². The predicted octanol–water partition coefficient (Wildman–Crippen LogP) is 3.28. The van der Waals surface area contributed by atoms with E-state index >= 15 is 0 Å². The molecule has 162 valence electrons. The third-order valence-electron chi connectivity index (χ3n) is 4.94. The molecule has 6 N–H and O–H groups in total. The number of halogens is 3. The highest BCUT2D eigenvalue weighted by Crippen LogP contribution is 2.29. The Labute approximate surface area is 172 Å². The highest BCUT2D eigenvalue weighted by atomic mass is 19.4. The van der Waals surface area contributed by atoms with Crippen LogP contribution in [-0.4, -0.2) is 32.2 Å². The summed E-state index contributed by atoms with van der Waals surface area (Å²) >= 11 is 0. The summed E-state index contributed by atoms with van der Waals surface area (Å²) < 4.78 is 38.6. The molecule has 0 aliphatic heterocycles. The molecule has 1 aliphatic rings. The summed E-state index contributed by atoms with van der Waals surface area (Å²) in [6.45, 7) is 1.84. The third-order valence-corrected chi connectivity index (χ3v) is 4.94. The summed E-state index contributed by atoms with van der Waals surface area (Å²) in [6, 6.07) is 6.08. The zero-order valence-electron chi connectivity index (χ0n) is 16.5. The number of aliphatic hydroxyl groups is 1. The van der Waals surface area contributed by atoms with Crippen molar-refractivity contribution in [1.82, 2.24) is 15.0 Å². The maximum Gasteiger partial charge on any atom is 0.433 e. The molecule has 1 fully saturated rings. The number of nitrogens with one attached hydrogen (secondary N) is 1. The number of anilines is 2. The Morgan fingerprint density at radius 1 is 1.30 bits per heavy atom. The lowest BCUT2D eigenvalue weighted by molar-refractivity contribution is -0.141. The molecule has 1 aromatic carbocycles. The van der Waals surface area contributed by atoms with Gasteiger partial charge < -0.3 is 21.2 Å². The van der Waals surface area contributed by atoms with E-state index < -0.39 is 11.9 Å². The van der Waals surface area contributed by atoms with Gasteiger partial charge in [0.05, 0.1) is 11.8 Å². The van der Waals surface area contributed by atoms with Crippen LogP contribution in [0.4, 0.5) is 24.8 Å². The lowest BCUT2D eigenvalue weighted by atomic mass is 9.93. The molecule has 0 radical (unpaired) electrons. The minimum atomic E-state index is -4.55. The summed E-state index contributed by atoms with van der Waals surface area (Å²) in [5, 5.41) is 14.1. The Morgan fingerprint density at radius 2 is 2.07 bits per heavy atom. The molecule has 0 spiro atoms. The summed E-state index contributed by atoms with van der Waals surface area (Å²) in [6.07, 6.45) is 0.847. The van der Waals surface area contributed by atoms with Crippen molar-refractivity contribution in [2.45, 2.75) is 50.9 Å². The van der Waals surface area contributed by atoms with Gasteiger partial charge in [-0.15, -0.1) is 0 Å². The fourth-order valence-electron chi connectivity index (χ4n) is 3.48.